The number of nitrogens with one attached hydrogen (secondary N) is 1. The largest absolute Gasteiger partial charge is 0.325 e. The van der Waals surface area contributed by atoms with Crippen LogP contribution in [0.25, 0.3) is 0 Å². The van der Waals surface area contributed by atoms with E-state index in [1.165, 1.54) is 14.1 Å². The molecule has 7 heteroatoms. The molecule has 0 aliphatic rings. The van der Waals surface area contributed by atoms with Gasteiger partial charge in [0.2, 0.25) is 10.0 Å². The standard InChI is InChI=1S/C7H9FN2O3S/c1-10(2)14(12,13)5-3-6(8)7(11)9-4-5/h3-4H,1-2H3,(H,9,11). The molecule has 0 bridgehead atoms. The second-order valence-corrected chi connectivity index (χ2v) is 4.95. The average Bonchev–Trinajstić information content (AvgIpc) is 2.09. The van der Waals surface area contributed by atoms with Crippen molar-refractivity contribution < 1.29 is 12.8 Å². The number of nitrogens with zero attached hydrogens (tertiary/aromatic N) is 1. The van der Waals surface area contributed by atoms with Crippen LogP contribution in [0.3, 0.4) is 0 Å². The molecule has 0 saturated carbocycles. The Kier molecular flexibility index (Phi) is 2.72. The summed E-state index contributed by atoms with van der Waals surface area (Å²) < 4.78 is 36.5. The van der Waals surface area contributed by atoms with E-state index in [0.29, 0.717) is 6.07 Å². The molecule has 14 heavy (non-hydrogen) atoms. The zero-order valence-electron chi connectivity index (χ0n) is 7.61. The minimum Gasteiger partial charge on any atom is -0.325 e. The molecule has 0 aliphatic carbocycles. The van der Waals surface area contributed by atoms with Crippen LogP contribution >= 0.6 is 0 Å². The summed E-state index contributed by atoms with van der Waals surface area (Å²) in [5, 5.41) is 0. The summed E-state index contributed by atoms with van der Waals surface area (Å²) in [6.45, 7) is 0. The van der Waals surface area contributed by atoms with Crippen LogP contribution in [0.5, 0.6) is 0 Å². The number of H-pyrrole nitrogens is 1. The summed E-state index contributed by atoms with van der Waals surface area (Å²) in [6.07, 6.45) is 0.959. The molecule has 0 aliphatic heterocycles. The van der Waals surface area contributed by atoms with Gasteiger partial charge in [-0.1, -0.05) is 0 Å². The SMILES string of the molecule is CN(C)S(=O)(=O)c1c[nH]c(=O)c(F)c1. The van der Waals surface area contributed by atoms with Gasteiger partial charge in [-0.25, -0.2) is 17.1 Å². The summed E-state index contributed by atoms with van der Waals surface area (Å²) >= 11 is 0. The second-order valence-electron chi connectivity index (χ2n) is 2.80. The van der Waals surface area contributed by atoms with Gasteiger partial charge in [-0.15, -0.1) is 0 Å². The third-order valence-electron chi connectivity index (χ3n) is 1.61. The van der Waals surface area contributed by atoms with Crippen molar-refractivity contribution in [1.82, 2.24) is 9.29 Å². The van der Waals surface area contributed by atoms with Gasteiger partial charge in [-0.05, 0) is 0 Å². The predicted molar refractivity (Wildman–Crippen MR) is 47.9 cm³/mol. The van der Waals surface area contributed by atoms with E-state index in [9.17, 15) is 17.6 Å². The van der Waals surface area contributed by atoms with E-state index in [4.69, 9.17) is 0 Å². The van der Waals surface area contributed by atoms with E-state index in [0.717, 1.165) is 10.5 Å². The maximum atomic E-state index is 12.7. The number of sulfonamides is 1. The molecular formula is C7H9FN2O3S. The molecule has 0 fully saturated rings. The van der Waals surface area contributed by atoms with Crippen molar-refractivity contribution in [2.75, 3.05) is 14.1 Å². The van der Waals surface area contributed by atoms with Crippen LogP contribution in [0.4, 0.5) is 4.39 Å². The van der Waals surface area contributed by atoms with Crippen LogP contribution in [0, 0.1) is 5.82 Å². The number of rotatable bonds is 2. The zero-order chi connectivity index (χ0) is 10.9. The number of hydrogen-bond donors (Lipinski definition) is 1. The molecule has 1 aromatic rings. The van der Waals surface area contributed by atoms with Gasteiger partial charge in [0, 0.05) is 26.4 Å². The summed E-state index contributed by atoms with van der Waals surface area (Å²) in [5.74, 6) is -1.12. The Morgan fingerprint density at radius 2 is 2.00 bits per heavy atom. The molecule has 1 heterocycles. The van der Waals surface area contributed by atoms with Crippen molar-refractivity contribution >= 4 is 10.0 Å². The van der Waals surface area contributed by atoms with Gasteiger partial charge in [0.25, 0.3) is 5.56 Å². The van der Waals surface area contributed by atoms with Gasteiger partial charge in [0.1, 0.15) is 4.90 Å². The highest BCUT2D eigenvalue weighted by atomic mass is 32.2. The molecule has 5 nitrogen and oxygen atoms in total. The molecule has 0 amide bonds. The molecular weight excluding hydrogens is 211 g/mol. The second kappa shape index (κ2) is 3.50. The van der Waals surface area contributed by atoms with Gasteiger partial charge in [0.05, 0.1) is 0 Å². The molecule has 1 aromatic heterocycles. The summed E-state index contributed by atoms with van der Waals surface area (Å²) in [6, 6.07) is 0.689. The highest BCUT2D eigenvalue weighted by molar-refractivity contribution is 7.89. The Hall–Kier alpha value is -1.21. The Balaban J connectivity index is 3.36. The Morgan fingerprint density at radius 3 is 2.43 bits per heavy atom. The molecule has 0 spiro atoms. The number of halogens is 1. The number of pyridine rings is 1. The summed E-state index contributed by atoms with van der Waals surface area (Å²) in [5.41, 5.74) is -0.942. The van der Waals surface area contributed by atoms with Crippen LogP contribution in [0.1, 0.15) is 0 Å². The molecule has 0 saturated heterocycles. The number of aromatic amines is 1. The van der Waals surface area contributed by atoms with E-state index in [2.05, 4.69) is 0 Å². The molecule has 0 atom stereocenters. The van der Waals surface area contributed by atoms with Crippen LogP contribution in [0.2, 0.25) is 0 Å². The van der Waals surface area contributed by atoms with E-state index >= 15 is 0 Å². The first-order valence-electron chi connectivity index (χ1n) is 3.66. The van der Waals surface area contributed by atoms with Gasteiger partial charge in [-0.3, -0.25) is 4.79 Å². The van der Waals surface area contributed by atoms with Gasteiger partial charge in [-0.2, -0.15) is 0 Å². The first-order chi connectivity index (χ1) is 6.35. The normalized spacial score (nSPS) is 12.0. The van der Waals surface area contributed by atoms with Crippen molar-refractivity contribution in [2.45, 2.75) is 4.90 Å². The quantitative estimate of drug-likeness (QED) is 0.748. The minimum absolute atomic E-state index is 0.278. The maximum Gasteiger partial charge on any atom is 0.284 e. The lowest BCUT2D eigenvalue weighted by Gasteiger charge is -2.10. The van der Waals surface area contributed by atoms with Crippen LogP contribution in [0.15, 0.2) is 22.0 Å². The van der Waals surface area contributed by atoms with Crippen LogP contribution < -0.4 is 5.56 Å². The molecule has 1 rings (SSSR count). The van der Waals surface area contributed by atoms with E-state index in [1.54, 1.807) is 0 Å². The fraction of sp³-hybridized carbons (Fsp3) is 0.286. The predicted octanol–water partition coefficient (Wildman–Crippen LogP) is -0.236. The van der Waals surface area contributed by atoms with Gasteiger partial charge >= 0.3 is 0 Å². The lowest BCUT2D eigenvalue weighted by molar-refractivity contribution is 0.517. The van der Waals surface area contributed by atoms with Crippen molar-refractivity contribution in [1.29, 1.82) is 0 Å². The number of hydrogen-bond acceptors (Lipinski definition) is 3. The highest BCUT2D eigenvalue weighted by Gasteiger charge is 2.18. The van der Waals surface area contributed by atoms with Crippen LogP contribution in [-0.2, 0) is 10.0 Å². The van der Waals surface area contributed by atoms with Gasteiger partial charge < -0.3 is 4.98 Å². The lowest BCUT2D eigenvalue weighted by atomic mass is 10.5. The average molecular weight is 220 g/mol. The van der Waals surface area contributed by atoms with Crippen molar-refractivity contribution in [3.8, 4) is 0 Å². The van der Waals surface area contributed by atoms with E-state index in [-0.39, 0.29) is 4.90 Å². The van der Waals surface area contributed by atoms with Crippen LogP contribution in [-0.4, -0.2) is 31.8 Å². The molecule has 0 radical (unpaired) electrons. The van der Waals surface area contributed by atoms with Crippen molar-refractivity contribution in [3.63, 3.8) is 0 Å². The fourth-order valence-electron chi connectivity index (χ4n) is 0.797. The third-order valence-corrected chi connectivity index (χ3v) is 3.40. The summed E-state index contributed by atoms with van der Waals surface area (Å²) in [7, 11) is -1.06. The molecule has 78 valence electrons. The molecule has 1 N–H and O–H groups in total. The van der Waals surface area contributed by atoms with E-state index < -0.39 is 21.4 Å². The fourth-order valence-corrected chi connectivity index (χ4v) is 1.68. The topological polar surface area (TPSA) is 70.2 Å². The number of aromatic nitrogens is 1. The van der Waals surface area contributed by atoms with E-state index in [1.807, 2.05) is 4.98 Å². The molecule has 0 unspecified atom stereocenters. The van der Waals surface area contributed by atoms with Crippen molar-refractivity contribution in [3.05, 3.63) is 28.4 Å². The third kappa shape index (κ3) is 1.83. The first-order valence-corrected chi connectivity index (χ1v) is 5.10. The Bertz CT molecular complexity index is 492. The Labute approximate surface area is 80.2 Å². The summed E-state index contributed by atoms with van der Waals surface area (Å²) in [4.78, 5) is 12.3. The highest BCUT2D eigenvalue weighted by Crippen LogP contribution is 2.10. The minimum atomic E-state index is -3.69. The maximum absolute atomic E-state index is 12.7. The lowest BCUT2D eigenvalue weighted by Crippen LogP contribution is -2.24. The zero-order valence-corrected chi connectivity index (χ0v) is 8.43. The molecule has 0 aromatic carbocycles. The van der Waals surface area contributed by atoms with Crippen molar-refractivity contribution in [2.24, 2.45) is 0 Å². The Morgan fingerprint density at radius 1 is 1.43 bits per heavy atom. The first kappa shape index (κ1) is 10.9. The smallest absolute Gasteiger partial charge is 0.284 e. The monoisotopic (exact) mass is 220 g/mol. The van der Waals surface area contributed by atoms with Gasteiger partial charge in [0.15, 0.2) is 5.82 Å².